The maximum Gasteiger partial charge on any atom is 0.166 e. The maximum absolute atomic E-state index is 11.4. The van der Waals surface area contributed by atoms with Crippen LogP contribution in [0.15, 0.2) is 72.6 Å². The summed E-state index contributed by atoms with van der Waals surface area (Å²) in [5.41, 5.74) is 5.27. The smallest absolute Gasteiger partial charge is 0.166 e. The van der Waals surface area contributed by atoms with Crippen LogP contribution in [0.2, 0.25) is 0 Å². The lowest BCUT2D eigenvalue weighted by atomic mass is 9.97. The molecule has 0 amide bonds. The van der Waals surface area contributed by atoms with Crippen molar-refractivity contribution in [1.29, 1.82) is 0 Å². The number of hydrogen-bond donors (Lipinski definition) is 2. The van der Waals surface area contributed by atoms with Crippen LogP contribution in [0.3, 0.4) is 0 Å². The molecule has 1 aliphatic heterocycles. The van der Waals surface area contributed by atoms with Crippen LogP contribution in [0.1, 0.15) is 23.6 Å². The number of benzene rings is 1. The highest BCUT2D eigenvalue weighted by atomic mass is 16.1. The van der Waals surface area contributed by atoms with Gasteiger partial charge in [-0.25, -0.2) is 9.97 Å². The Morgan fingerprint density at radius 1 is 1.29 bits per heavy atom. The van der Waals surface area contributed by atoms with Crippen molar-refractivity contribution in [3.05, 3.63) is 89.3 Å². The highest BCUT2D eigenvalue weighted by Crippen LogP contribution is 2.37. The summed E-state index contributed by atoms with van der Waals surface area (Å²) >= 11 is 0. The summed E-state index contributed by atoms with van der Waals surface area (Å²) in [6.45, 7) is 10.5. The third-order valence-electron chi connectivity index (χ3n) is 4.92. The number of allylic oxidation sites excluding steroid dienone is 3. The number of hydrogen-bond acceptors (Lipinski definition) is 6. The number of aromatic nitrogens is 2. The zero-order chi connectivity index (χ0) is 20.3. The molecule has 3 rings (SSSR count). The van der Waals surface area contributed by atoms with Crippen LogP contribution in [0.4, 0.5) is 5.82 Å². The van der Waals surface area contributed by atoms with Gasteiger partial charge < -0.3 is 15.5 Å². The second kappa shape index (κ2) is 7.68. The van der Waals surface area contributed by atoms with E-state index in [9.17, 15) is 4.79 Å². The van der Waals surface area contributed by atoms with E-state index in [0.29, 0.717) is 11.5 Å². The fourth-order valence-corrected chi connectivity index (χ4v) is 3.41. The van der Waals surface area contributed by atoms with Gasteiger partial charge in [0.25, 0.3) is 0 Å². The van der Waals surface area contributed by atoms with Gasteiger partial charge in [0.1, 0.15) is 17.8 Å². The lowest BCUT2D eigenvalue weighted by Gasteiger charge is -2.34. The van der Waals surface area contributed by atoms with Crippen molar-refractivity contribution in [3.63, 3.8) is 0 Å². The zero-order valence-electron chi connectivity index (χ0n) is 16.7. The molecule has 0 bridgehead atoms. The van der Waals surface area contributed by atoms with E-state index in [1.807, 2.05) is 13.1 Å². The number of nitrogens with zero attached hydrogens (tertiary/aromatic N) is 3. The van der Waals surface area contributed by atoms with E-state index in [1.165, 1.54) is 17.5 Å². The average Bonchev–Trinajstić information content (AvgIpc) is 2.88. The predicted octanol–water partition coefficient (Wildman–Crippen LogP) is 3.39. The van der Waals surface area contributed by atoms with E-state index < -0.39 is 5.66 Å². The van der Waals surface area contributed by atoms with Crippen LogP contribution in [0.25, 0.3) is 0 Å². The van der Waals surface area contributed by atoms with Crippen LogP contribution in [-0.4, -0.2) is 28.2 Å². The number of carbonyl (C=O) groups is 1. The summed E-state index contributed by atoms with van der Waals surface area (Å²) in [5, 5.41) is 6.48. The Morgan fingerprint density at radius 3 is 2.61 bits per heavy atom. The number of carbonyl (C=O) groups excluding carboxylic acids is 1. The molecular formula is C22H25N5O. The predicted molar refractivity (Wildman–Crippen MR) is 111 cm³/mol. The number of likely N-dealkylation sites (N-methyl/N-ethyl adjacent to an activating group) is 1. The summed E-state index contributed by atoms with van der Waals surface area (Å²) in [5.74, 6) is 0.559. The van der Waals surface area contributed by atoms with Crippen molar-refractivity contribution in [2.24, 2.45) is 0 Å². The number of nitrogens with one attached hydrogen (secondary N) is 2. The van der Waals surface area contributed by atoms with Gasteiger partial charge in [-0.3, -0.25) is 4.79 Å². The van der Waals surface area contributed by atoms with Gasteiger partial charge in [0.2, 0.25) is 0 Å². The summed E-state index contributed by atoms with van der Waals surface area (Å²) < 4.78 is 0. The van der Waals surface area contributed by atoms with Crippen molar-refractivity contribution < 1.29 is 4.79 Å². The molecule has 0 radical (unpaired) electrons. The number of aryl methyl sites for hydroxylation is 2. The fraction of sp³-hybridized carbons (Fsp3) is 0.227. The first-order valence-corrected chi connectivity index (χ1v) is 9.04. The molecule has 28 heavy (non-hydrogen) atoms. The topological polar surface area (TPSA) is 70.2 Å². The molecule has 2 aromatic rings. The lowest BCUT2D eigenvalue weighted by molar-refractivity contribution is -0.104. The Hall–Kier alpha value is -3.41. The van der Waals surface area contributed by atoms with Gasteiger partial charge in [-0.2, -0.15) is 0 Å². The highest BCUT2D eigenvalue weighted by molar-refractivity contribution is 5.78. The minimum absolute atomic E-state index is 0.396. The standard InChI is InChI=1S/C22H25N5O/c1-15-10-16(2)12-18(11-15)22(4)26-17(3)20(27(22)5)7-6-19(13-28)25-21-8-9-23-14-24-21/h6-14,26H,3H2,1-2,4-5H3,(H,23,24,25)/b19-6+,20-7-. The van der Waals surface area contributed by atoms with E-state index in [2.05, 4.69) is 71.1 Å². The van der Waals surface area contributed by atoms with E-state index in [0.717, 1.165) is 23.2 Å². The Labute approximate surface area is 165 Å². The molecule has 6 heteroatoms. The van der Waals surface area contributed by atoms with Gasteiger partial charge >= 0.3 is 0 Å². The fourth-order valence-electron chi connectivity index (χ4n) is 3.41. The minimum Gasteiger partial charge on any atom is -0.358 e. The molecular weight excluding hydrogens is 350 g/mol. The first kappa shape index (κ1) is 19.4. The maximum atomic E-state index is 11.4. The van der Waals surface area contributed by atoms with Gasteiger partial charge in [-0.05, 0) is 44.6 Å². The van der Waals surface area contributed by atoms with Gasteiger partial charge in [0.15, 0.2) is 6.29 Å². The normalized spacial score (nSPS) is 21.0. The monoisotopic (exact) mass is 375 g/mol. The van der Waals surface area contributed by atoms with Gasteiger partial charge in [0, 0.05) is 13.2 Å². The molecule has 2 heterocycles. The lowest BCUT2D eigenvalue weighted by Crippen LogP contribution is -2.43. The van der Waals surface area contributed by atoms with Gasteiger partial charge in [-0.1, -0.05) is 35.9 Å². The molecule has 0 spiro atoms. The Balaban J connectivity index is 1.90. The Kier molecular flexibility index (Phi) is 5.31. The molecule has 1 atom stereocenters. The molecule has 1 fully saturated rings. The van der Waals surface area contributed by atoms with E-state index in [4.69, 9.17) is 0 Å². The largest absolute Gasteiger partial charge is 0.358 e. The van der Waals surface area contributed by atoms with Crippen LogP contribution in [0, 0.1) is 13.8 Å². The summed E-state index contributed by atoms with van der Waals surface area (Å²) in [7, 11) is 2.01. The summed E-state index contributed by atoms with van der Waals surface area (Å²) in [4.78, 5) is 21.5. The summed E-state index contributed by atoms with van der Waals surface area (Å²) in [6, 6.07) is 8.21. The molecule has 6 nitrogen and oxygen atoms in total. The Bertz CT molecular complexity index is 944. The average molecular weight is 375 g/mol. The molecule has 144 valence electrons. The highest BCUT2D eigenvalue weighted by Gasteiger charge is 2.39. The van der Waals surface area contributed by atoms with Crippen molar-refractivity contribution in [2.75, 3.05) is 12.4 Å². The third-order valence-corrected chi connectivity index (χ3v) is 4.92. The van der Waals surface area contributed by atoms with Crippen LogP contribution < -0.4 is 10.6 Å². The molecule has 0 aliphatic carbocycles. The second-order valence-corrected chi connectivity index (χ2v) is 7.12. The Morgan fingerprint density at radius 2 is 2.00 bits per heavy atom. The van der Waals surface area contributed by atoms with Crippen LogP contribution in [0.5, 0.6) is 0 Å². The molecule has 1 saturated heterocycles. The first-order valence-electron chi connectivity index (χ1n) is 9.04. The molecule has 1 aromatic heterocycles. The van der Waals surface area contributed by atoms with Crippen molar-refractivity contribution in [2.45, 2.75) is 26.4 Å². The first-order chi connectivity index (χ1) is 13.3. The molecule has 0 saturated carbocycles. The quantitative estimate of drug-likeness (QED) is 0.617. The van der Waals surface area contributed by atoms with Crippen molar-refractivity contribution in [1.82, 2.24) is 20.2 Å². The van der Waals surface area contributed by atoms with Crippen LogP contribution in [-0.2, 0) is 10.5 Å². The number of aldehydes is 1. The molecule has 1 unspecified atom stereocenters. The SMILES string of the molecule is C=C1NC(C)(c2cc(C)cc(C)c2)N(C)/C1=C\C=C(/C=O)Nc1ccncn1. The van der Waals surface area contributed by atoms with Crippen LogP contribution >= 0.6 is 0 Å². The molecule has 2 N–H and O–H groups in total. The van der Waals surface area contributed by atoms with Crippen molar-refractivity contribution >= 4 is 12.1 Å². The second-order valence-electron chi connectivity index (χ2n) is 7.12. The number of anilines is 1. The minimum atomic E-state index is -0.422. The van der Waals surface area contributed by atoms with E-state index in [-0.39, 0.29) is 0 Å². The number of rotatable bonds is 5. The van der Waals surface area contributed by atoms with Crippen molar-refractivity contribution in [3.8, 4) is 0 Å². The van der Waals surface area contributed by atoms with E-state index in [1.54, 1.807) is 18.3 Å². The van der Waals surface area contributed by atoms with Gasteiger partial charge in [0.05, 0.1) is 17.1 Å². The summed E-state index contributed by atoms with van der Waals surface area (Å²) in [6.07, 6.45) is 7.40. The molecule has 1 aliphatic rings. The van der Waals surface area contributed by atoms with Gasteiger partial charge in [-0.15, -0.1) is 0 Å². The van der Waals surface area contributed by atoms with E-state index >= 15 is 0 Å². The zero-order valence-corrected chi connectivity index (χ0v) is 16.7. The molecule has 1 aromatic carbocycles. The third kappa shape index (κ3) is 3.81.